The van der Waals surface area contributed by atoms with Crippen molar-refractivity contribution in [1.82, 2.24) is 4.98 Å². The summed E-state index contributed by atoms with van der Waals surface area (Å²) in [6.45, 7) is 0. The molecule has 1 aromatic heterocycles. The Kier molecular flexibility index (Phi) is 4.84. The Hall–Kier alpha value is -1.24. The summed E-state index contributed by atoms with van der Waals surface area (Å²) in [5, 5.41) is 10.5. The first kappa shape index (κ1) is 15.8. The van der Waals surface area contributed by atoms with Crippen molar-refractivity contribution < 1.29 is 52.6 Å². The summed E-state index contributed by atoms with van der Waals surface area (Å²) in [6, 6.07) is 7.25. The Morgan fingerprint density at radius 3 is 2.37 bits per heavy atom. The van der Waals surface area contributed by atoms with E-state index in [1.54, 1.807) is 0 Å². The fourth-order valence-electron chi connectivity index (χ4n) is 1.55. The molecule has 0 aliphatic carbocycles. The molecule has 0 bridgehead atoms. The number of aromatic amines is 1. The number of H-pyrrole nitrogens is 1. The molecule has 3 nitrogen and oxygen atoms in total. The molecule has 1 N–H and O–H groups in total. The van der Waals surface area contributed by atoms with Crippen molar-refractivity contribution in [2.24, 2.45) is 0 Å². The van der Waals surface area contributed by atoms with Gasteiger partial charge in [0.1, 0.15) is 0 Å². The third kappa shape index (κ3) is 3.62. The van der Waals surface area contributed by atoms with Gasteiger partial charge < -0.3 is 14.9 Å². The molecule has 0 aliphatic rings. The maximum absolute atomic E-state index is 12.5. The predicted octanol–water partition coefficient (Wildman–Crippen LogP) is -0.932. The van der Waals surface area contributed by atoms with Gasteiger partial charge in [-0.1, -0.05) is 12.1 Å². The molecule has 0 aliphatic heterocycles. The number of halogens is 3. The number of alkyl halides is 3. The first-order chi connectivity index (χ1) is 8.38. The second kappa shape index (κ2) is 5.81. The second-order valence-corrected chi connectivity index (χ2v) is 3.65. The standard InChI is InChI=1S/C12H8F3NO2.Na/c13-12(14,15)8-3-1-2-7(6-8)9-4-5-10(16-9)11(17)18;/h1-6,16H,(H,17,18);/q;+1/p-1. The normalized spacial score (nSPS) is 10.9. The van der Waals surface area contributed by atoms with Crippen LogP contribution in [0.25, 0.3) is 11.3 Å². The minimum atomic E-state index is -4.43. The maximum Gasteiger partial charge on any atom is 1.00 e. The van der Waals surface area contributed by atoms with E-state index >= 15 is 0 Å². The van der Waals surface area contributed by atoms with E-state index < -0.39 is 17.7 Å². The molecule has 2 rings (SSSR count). The van der Waals surface area contributed by atoms with Gasteiger partial charge in [0, 0.05) is 5.69 Å². The zero-order valence-electron chi connectivity index (χ0n) is 9.91. The fraction of sp³-hybridized carbons (Fsp3) is 0.0833. The third-order valence-electron chi connectivity index (χ3n) is 2.41. The van der Waals surface area contributed by atoms with Crippen molar-refractivity contribution in [2.45, 2.75) is 6.18 Å². The van der Waals surface area contributed by atoms with Crippen LogP contribution in [-0.4, -0.2) is 11.0 Å². The molecule has 0 saturated carbocycles. The minimum Gasteiger partial charge on any atom is -0.543 e. The maximum atomic E-state index is 12.5. The largest absolute Gasteiger partial charge is 1.00 e. The van der Waals surface area contributed by atoms with Gasteiger partial charge in [0.05, 0.1) is 17.2 Å². The van der Waals surface area contributed by atoms with Crippen LogP contribution in [0.3, 0.4) is 0 Å². The van der Waals surface area contributed by atoms with E-state index in [0.717, 1.165) is 12.1 Å². The van der Waals surface area contributed by atoms with Crippen molar-refractivity contribution in [1.29, 1.82) is 0 Å². The van der Waals surface area contributed by atoms with Crippen LogP contribution in [0.4, 0.5) is 13.2 Å². The van der Waals surface area contributed by atoms with Gasteiger partial charge in [-0.15, -0.1) is 0 Å². The third-order valence-corrected chi connectivity index (χ3v) is 2.41. The molecule has 2 aromatic rings. The van der Waals surface area contributed by atoms with Crippen LogP contribution < -0.4 is 34.7 Å². The SMILES string of the molecule is O=C([O-])c1ccc(-c2cccc(C(F)(F)F)c2)[nH]1.[Na+]. The van der Waals surface area contributed by atoms with Crippen molar-refractivity contribution in [3.8, 4) is 11.3 Å². The smallest absolute Gasteiger partial charge is 0.543 e. The van der Waals surface area contributed by atoms with E-state index in [0.29, 0.717) is 5.69 Å². The molecule has 0 fully saturated rings. The quantitative estimate of drug-likeness (QED) is 0.721. The molecule has 1 aromatic carbocycles. The first-order valence-electron chi connectivity index (χ1n) is 4.96. The van der Waals surface area contributed by atoms with Gasteiger partial charge in [-0.2, -0.15) is 13.2 Å². The van der Waals surface area contributed by atoms with Crippen LogP contribution in [0, 0.1) is 0 Å². The van der Waals surface area contributed by atoms with Gasteiger partial charge in [-0.3, -0.25) is 0 Å². The Morgan fingerprint density at radius 1 is 1.16 bits per heavy atom. The Balaban J connectivity index is 0.00000180. The van der Waals surface area contributed by atoms with E-state index in [-0.39, 0.29) is 40.8 Å². The summed E-state index contributed by atoms with van der Waals surface area (Å²) in [5.74, 6) is -1.41. The molecule has 7 heteroatoms. The number of aromatic carboxylic acids is 1. The van der Waals surface area contributed by atoms with Gasteiger partial charge in [0.15, 0.2) is 0 Å². The van der Waals surface area contributed by atoms with Gasteiger partial charge in [-0.05, 0) is 29.8 Å². The summed E-state index contributed by atoms with van der Waals surface area (Å²) in [7, 11) is 0. The topological polar surface area (TPSA) is 55.9 Å². The first-order valence-corrected chi connectivity index (χ1v) is 4.96. The number of carbonyl (C=O) groups excluding carboxylic acids is 1. The molecule has 1 heterocycles. The zero-order valence-corrected chi connectivity index (χ0v) is 11.9. The van der Waals surface area contributed by atoms with E-state index in [4.69, 9.17) is 0 Å². The van der Waals surface area contributed by atoms with Crippen LogP contribution in [0.15, 0.2) is 36.4 Å². The van der Waals surface area contributed by atoms with Crippen LogP contribution in [0.5, 0.6) is 0 Å². The molecule has 0 unspecified atom stereocenters. The van der Waals surface area contributed by atoms with Crippen LogP contribution >= 0.6 is 0 Å². The molecule has 94 valence electrons. The number of nitrogens with one attached hydrogen (secondary N) is 1. The number of carbonyl (C=O) groups is 1. The molecular formula is C12H7F3NNaO2. The van der Waals surface area contributed by atoms with Crippen LogP contribution in [-0.2, 0) is 6.18 Å². The Morgan fingerprint density at radius 2 is 1.84 bits per heavy atom. The summed E-state index contributed by atoms with van der Waals surface area (Å²) < 4.78 is 37.5. The number of benzene rings is 1. The zero-order chi connectivity index (χ0) is 13.3. The number of aromatic nitrogens is 1. The Bertz CT molecular complexity index is 593. The van der Waals surface area contributed by atoms with Gasteiger partial charge in [-0.25, -0.2) is 0 Å². The number of carboxylic acids is 1. The summed E-state index contributed by atoms with van der Waals surface area (Å²) in [6.07, 6.45) is -4.43. The van der Waals surface area contributed by atoms with Gasteiger partial charge in [0.2, 0.25) is 0 Å². The molecule has 0 amide bonds. The summed E-state index contributed by atoms with van der Waals surface area (Å²) in [5.41, 5.74) is -0.412. The van der Waals surface area contributed by atoms with E-state index in [2.05, 4.69) is 4.98 Å². The molecule has 0 radical (unpaired) electrons. The number of rotatable bonds is 2. The van der Waals surface area contributed by atoms with Crippen LogP contribution in [0.2, 0.25) is 0 Å². The molecular weight excluding hydrogens is 270 g/mol. The van der Waals surface area contributed by atoms with Crippen molar-refractivity contribution in [2.75, 3.05) is 0 Å². The molecule has 0 spiro atoms. The van der Waals surface area contributed by atoms with Crippen molar-refractivity contribution in [3.05, 3.63) is 47.7 Å². The van der Waals surface area contributed by atoms with Gasteiger partial charge >= 0.3 is 35.7 Å². The second-order valence-electron chi connectivity index (χ2n) is 3.65. The minimum absolute atomic E-state index is 0. The predicted molar refractivity (Wildman–Crippen MR) is 55.6 cm³/mol. The fourth-order valence-corrected chi connectivity index (χ4v) is 1.55. The number of carboxylic acid groups (broad SMARTS) is 1. The summed E-state index contributed by atoms with van der Waals surface area (Å²) in [4.78, 5) is 13.0. The van der Waals surface area contributed by atoms with Gasteiger partial charge in [0.25, 0.3) is 0 Å². The van der Waals surface area contributed by atoms with E-state index in [9.17, 15) is 23.1 Å². The molecule has 0 saturated heterocycles. The summed E-state index contributed by atoms with van der Waals surface area (Å²) >= 11 is 0. The van der Waals surface area contributed by atoms with E-state index in [1.807, 2.05) is 0 Å². The molecule has 19 heavy (non-hydrogen) atoms. The average Bonchev–Trinajstić information content (AvgIpc) is 2.77. The van der Waals surface area contributed by atoms with Crippen molar-refractivity contribution >= 4 is 5.97 Å². The van der Waals surface area contributed by atoms with E-state index in [1.165, 1.54) is 24.3 Å². The Labute approximate surface area is 128 Å². The number of hydrogen-bond donors (Lipinski definition) is 1. The number of hydrogen-bond acceptors (Lipinski definition) is 2. The van der Waals surface area contributed by atoms with Crippen LogP contribution in [0.1, 0.15) is 16.1 Å². The monoisotopic (exact) mass is 277 g/mol. The average molecular weight is 277 g/mol. The molecule has 0 atom stereocenters. The van der Waals surface area contributed by atoms with Crippen molar-refractivity contribution in [3.63, 3.8) is 0 Å².